The molecule has 2 N–H and O–H groups in total. The average molecular weight is 478 g/mol. The van der Waals surface area contributed by atoms with Crippen molar-refractivity contribution in [1.29, 1.82) is 0 Å². The molecule has 0 bridgehead atoms. The van der Waals surface area contributed by atoms with Crippen LogP contribution in [-0.4, -0.2) is 30.0 Å². The lowest BCUT2D eigenvalue weighted by Crippen LogP contribution is -2.18. The normalized spacial score (nSPS) is 10.5. The minimum Gasteiger partial charge on any atom is -0.490 e. The molecule has 9 heteroatoms. The van der Waals surface area contributed by atoms with Crippen molar-refractivity contribution in [3.05, 3.63) is 83.4 Å². The Kier molecular flexibility index (Phi) is 7.56. The number of furan rings is 1. The van der Waals surface area contributed by atoms with Crippen molar-refractivity contribution in [3.63, 3.8) is 0 Å². The van der Waals surface area contributed by atoms with E-state index in [4.69, 9.17) is 13.9 Å². The van der Waals surface area contributed by atoms with Crippen LogP contribution < -0.4 is 20.1 Å². The monoisotopic (exact) mass is 477 g/mol. The summed E-state index contributed by atoms with van der Waals surface area (Å²) >= 11 is 1.29. The molecular weight excluding hydrogens is 454 g/mol. The molecule has 0 radical (unpaired) electrons. The van der Waals surface area contributed by atoms with E-state index >= 15 is 0 Å². The second-order valence-electron chi connectivity index (χ2n) is 7.17. The van der Waals surface area contributed by atoms with Crippen LogP contribution in [0.4, 0.5) is 5.13 Å². The SMILES string of the molecule is CC(=O)NCc1ccc(-c2csc(NC(=O)c3ccccc3OCCOc3ccccc3)n2)o1. The van der Waals surface area contributed by atoms with Crippen LogP contribution in [0.5, 0.6) is 11.5 Å². The highest BCUT2D eigenvalue weighted by Crippen LogP contribution is 2.28. The van der Waals surface area contributed by atoms with Gasteiger partial charge in [0.1, 0.15) is 36.2 Å². The Morgan fingerprint density at radius 2 is 1.74 bits per heavy atom. The van der Waals surface area contributed by atoms with Crippen LogP contribution in [0, 0.1) is 0 Å². The summed E-state index contributed by atoms with van der Waals surface area (Å²) in [4.78, 5) is 28.4. The zero-order valence-electron chi connectivity index (χ0n) is 18.4. The first-order valence-corrected chi connectivity index (χ1v) is 11.5. The lowest BCUT2D eigenvalue weighted by atomic mass is 10.2. The number of amides is 2. The summed E-state index contributed by atoms with van der Waals surface area (Å²) in [5.41, 5.74) is 0.992. The van der Waals surface area contributed by atoms with Crippen molar-refractivity contribution in [2.24, 2.45) is 0 Å². The summed E-state index contributed by atoms with van der Waals surface area (Å²) in [5, 5.41) is 7.72. The number of para-hydroxylation sites is 2. The molecule has 0 saturated carbocycles. The zero-order chi connectivity index (χ0) is 23.8. The Hall–Kier alpha value is -4.11. The zero-order valence-corrected chi connectivity index (χ0v) is 19.3. The quantitative estimate of drug-likeness (QED) is 0.320. The molecule has 34 heavy (non-hydrogen) atoms. The predicted octanol–water partition coefficient (Wildman–Crippen LogP) is 4.75. The van der Waals surface area contributed by atoms with Gasteiger partial charge in [0.2, 0.25) is 5.91 Å². The Bertz CT molecular complexity index is 1250. The molecule has 0 fully saturated rings. The standard InChI is InChI=1S/C25H23N3O5S/c1-17(29)26-15-19-11-12-23(33-19)21-16-34-25(27-21)28-24(30)20-9-5-6-10-22(20)32-14-13-31-18-7-3-2-4-8-18/h2-12,16H,13-15H2,1H3,(H,26,29)(H,27,28,30). The summed E-state index contributed by atoms with van der Waals surface area (Å²) in [6, 6.07) is 20.0. The van der Waals surface area contributed by atoms with Gasteiger partial charge in [-0.1, -0.05) is 30.3 Å². The number of aromatic nitrogens is 1. The molecular formula is C25H23N3O5S. The van der Waals surface area contributed by atoms with Crippen LogP contribution in [0.1, 0.15) is 23.0 Å². The van der Waals surface area contributed by atoms with Crippen LogP contribution in [-0.2, 0) is 11.3 Å². The Morgan fingerprint density at radius 1 is 0.971 bits per heavy atom. The molecule has 0 aliphatic heterocycles. The molecule has 0 aliphatic rings. The van der Waals surface area contributed by atoms with Crippen LogP contribution in [0.15, 0.2) is 76.5 Å². The first-order chi connectivity index (χ1) is 16.6. The number of thiazole rings is 1. The minimum absolute atomic E-state index is 0.135. The summed E-state index contributed by atoms with van der Waals surface area (Å²) in [5.74, 6) is 1.93. The number of anilines is 1. The number of benzene rings is 2. The van der Waals surface area contributed by atoms with E-state index in [0.717, 1.165) is 5.75 Å². The van der Waals surface area contributed by atoms with Gasteiger partial charge >= 0.3 is 0 Å². The molecule has 0 saturated heterocycles. The van der Waals surface area contributed by atoms with Crippen molar-refractivity contribution in [1.82, 2.24) is 10.3 Å². The Labute approximate surface area is 200 Å². The third kappa shape index (κ3) is 6.23. The predicted molar refractivity (Wildman–Crippen MR) is 129 cm³/mol. The highest BCUT2D eigenvalue weighted by Gasteiger charge is 2.16. The maximum Gasteiger partial charge on any atom is 0.261 e. The molecule has 2 heterocycles. The molecule has 0 atom stereocenters. The summed E-state index contributed by atoms with van der Waals surface area (Å²) in [7, 11) is 0. The third-order valence-electron chi connectivity index (χ3n) is 4.63. The van der Waals surface area contributed by atoms with Gasteiger partial charge in [0, 0.05) is 12.3 Å². The van der Waals surface area contributed by atoms with Gasteiger partial charge in [0.25, 0.3) is 5.91 Å². The van der Waals surface area contributed by atoms with Crippen molar-refractivity contribution in [2.75, 3.05) is 18.5 Å². The van der Waals surface area contributed by atoms with E-state index in [0.29, 0.717) is 53.4 Å². The summed E-state index contributed by atoms with van der Waals surface area (Å²) in [6.07, 6.45) is 0. The lowest BCUT2D eigenvalue weighted by molar-refractivity contribution is -0.119. The van der Waals surface area contributed by atoms with E-state index in [1.54, 1.807) is 41.8 Å². The van der Waals surface area contributed by atoms with Crippen molar-refractivity contribution >= 4 is 28.3 Å². The van der Waals surface area contributed by atoms with Gasteiger partial charge in [-0.3, -0.25) is 14.9 Å². The molecule has 4 rings (SSSR count). The van der Waals surface area contributed by atoms with Crippen LogP contribution >= 0.6 is 11.3 Å². The fourth-order valence-corrected chi connectivity index (χ4v) is 3.73. The van der Waals surface area contributed by atoms with Crippen LogP contribution in [0.2, 0.25) is 0 Å². The third-order valence-corrected chi connectivity index (χ3v) is 5.39. The van der Waals surface area contributed by atoms with E-state index in [1.165, 1.54) is 18.3 Å². The van der Waals surface area contributed by atoms with E-state index in [-0.39, 0.29) is 11.8 Å². The number of carbonyl (C=O) groups is 2. The number of hydrogen-bond acceptors (Lipinski definition) is 7. The van der Waals surface area contributed by atoms with E-state index in [9.17, 15) is 9.59 Å². The molecule has 2 amide bonds. The Balaban J connectivity index is 1.34. The number of hydrogen-bond donors (Lipinski definition) is 2. The fourth-order valence-electron chi connectivity index (χ4n) is 3.04. The average Bonchev–Trinajstić information content (AvgIpc) is 3.51. The van der Waals surface area contributed by atoms with Gasteiger partial charge in [0.15, 0.2) is 10.9 Å². The second-order valence-corrected chi connectivity index (χ2v) is 8.03. The fraction of sp³-hybridized carbons (Fsp3) is 0.160. The highest BCUT2D eigenvalue weighted by molar-refractivity contribution is 7.14. The van der Waals surface area contributed by atoms with E-state index in [2.05, 4.69) is 15.6 Å². The molecule has 2 aromatic carbocycles. The smallest absolute Gasteiger partial charge is 0.261 e. The van der Waals surface area contributed by atoms with Gasteiger partial charge in [0.05, 0.1) is 12.1 Å². The molecule has 0 spiro atoms. The van der Waals surface area contributed by atoms with Crippen molar-refractivity contribution in [3.8, 4) is 23.0 Å². The molecule has 0 unspecified atom stereocenters. The Morgan fingerprint density at radius 3 is 2.56 bits per heavy atom. The topological polar surface area (TPSA) is 103 Å². The number of ether oxygens (including phenoxy) is 2. The second kappa shape index (κ2) is 11.2. The largest absolute Gasteiger partial charge is 0.490 e. The van der Waals surface area contributed by atoms with Gasteiger partial charge < -0.3 is 19.2 Å². The maximum absolute atomic E-state index is 12.9. The van der Waals surface area contributed by atoms with Crippen LogP contribution in [0.25, 0.3) is 11.5 Å². The molecule has 0 aliphatic carbocycles. The van der Waals surface area contributed by atoms with E-state index in [1.807, 2.05) is 30.3 Å². The van der Waals surface area contributed by atoms with Gasteiger partial charge in [-0.15, -0.1) is 11.3 Å². The van der Waals surface area contributed by atoms with Crippen molar-refractivity contribution < 1.29 is 23.5 Å². The number of nitrogens with one attached hydrogen (secondary N) is 2. The maximum atomic E-state index is 12.9. The van der Waals surface area contributed by atoms with Crippen LogP contribution in [0.3, 0.4) is 0 Å². The van der Waals surface area contributed by atoms with Crippen molar-refractivity contribution in [2.45, 2.75) is 13.5 Å². The van der Waals surface area contributed by atoms with Gasteiger partial charge in [-0.05, 0) is 36.4 Å². The molecule has 8 nitrogen and oxygen atoms in total. The highest BCUT2D eigenvalue weighted by atomic mass is 32.1. The molecule has 2 aromatic heterocycles. The first kappa shape index (κ1) is 23.1. The summed E-state index contributed by atoms with van der Waals surface area (Å²) in [6.45, 7) is 2.39. The lowest BCUT2D eigenvalue weighted by Gasteiger charge is -2.11. The van der Waals surface area contributed by atoms with Gasteiger partial charge in [-0.25, -0.2) is 4.98 Å². The number of rotatable bonds is 10. The minimum atomic E-state index is -0.328. The van der Waals surface area contributed by atoms with Gasteiger partial charge in [-0.2, -0.15) is 0 Å². The number of carbonyl (C=O) groups excluding carboxylic acids is 2. The van der Waals surface area contributed by atoms with E-state index < -0.39 is 0 Å². The number of nitrogens with zero attached hydrogens (tertiary/aromatic N) is 1. The summed E-state index contributed by atoms with van der Waals surface area (Å²) < 4.78 is 17.1. The first-order valence-electron chi connectivity index (χ1n) is 10.6. The molecule has 174 valence electrons. The molecule has 4 aromatic rings.